The molecule has 61 heavy (non-hydrogen) atoms. The van der Waals surface area contributed by atoms with Crippen molar-refractivity contribution >= 4 is 11.9 Å². The normalized spacial score (nSPS) is 39.6. The summed E-state index contributed by atoms with van der Waals surface area (Å²) in [7, 11) is 6.71. The molecule has 340 valence electrons. The van der Waals surface area contributed by atoms with Gasteiger partial charge in [0.05, 0.1) is 24.4 Å². The highest BCUT2D eigenvalue weighted by Crippen LogP contribution is 2.80. The van der Waals surface area contributed by atoms with E-state index < -0.39 is 70.7 Å². The van der Waals surface area contributed by atoms with Gasteiger partial charge in [-0.3, -0.25) is 9.69 Å². The molecule has 0 radical (unpaired) electrons. The number of unbranched alkanes of at least 4 members (excludes halogenated alkanes) is 8. The first kappa shape index (κ1) is 46.4. The van der Waals surface area contributed by atoms with Crippen LogP contribution in [0.15, 0.2) is 54.6 Å². The SMILES string of the molecule is CCCCC/C=C\C/C=C\CCCCCCCC(=O)O[C@@]12C3[C@H](OC)[C@@H]4[C@@]5(COC)CC[C@H](OC)[C@]4([C@@H]4C[C@@](O)([C@H](OC(=O)c6ccccc6)[C@@H]41)[C@@H](OC)[C@@H]2O)[C@@H]3N(CC)C5. The molecule has 1 aromatic carbocycles. The van der Waals surface area contributed by atoms with E-state index in [0.29, 0.717) is 25.1 Å². The van der Waals surface area contributed by atoms with Crippen LogP contribution in [0.25, 0.3) is 0 Å². The number of nitrogens with zero attached hydrogens (tertiary/aromatic N) is 1. The standard InChI is InChI=1S/C50H75NO10/c1-7-9-10-11-12-13-14-15-16-17-18-19-20-21-25-28-37(52)61-50-38-35(31-48(55,45(59-6)43(50)53)44(38)60-46(54)34-26-23-22-24-27-34)49-36(57-4)29-30-47(33-56-3)32-51(8-2)42(49)39(50)40(58-5)41(47)49/h12-13,15-16,22-24,26-27,35-36,38-45,53,55H,7-11,14,17-21,25,28-33H2,1-6H3/b13-12-,16-15-/t35-,36+,38-,39?,40+,41-,42-,43+,44-,45+,47+,48-,49+,50-/m1/s1. The van der Waals surface area contributed by atoms with Crippen LogP contribution in [0.3, 0.4) is 0 Å². The predicted octanol–water partition coefficient (Wildman–Crippen LogP) is 7.47. The van der Waals surface area contributed by atoms with E-state index in [0.717, 1.165) is 64.3 Å². The van der Waals surface area contributed by atoms with Gasteiger partial charge in [0.25, 0.3) is 0 Å². The summed E-state index contributed by atoms with van der Waals surface area (Å²) in [6.45, 7) is 6.36. The average Bonchev–Trinajstić information content (AvgIpc) is 3.64. The lowest BCUT2D eigenvalue weighted by molar-refractivity contribution is -0.318. The number of aliphatic hydroxyl groups excluding tert-OH is 1. The number of allylic oxidation sites excluding steroid dienone is 4. The van der Waals surface area contributed by atoms with Crippen LogP contribution in [0.1, 0.15) is 121 Å². The predicted molar refractivity (Wildman–Crippen MR) is 233 cm³/mol. The highest BCUT2D eigenvalue weighted by atomic mass is 16.6. The first-order chi connectivity index (χ1) is 29.6. The molecule has 1 unspecified atom stereocenters. The molecule has 1 spiro atoms. The number of ether oxygens (including phenoxy) is 6. The third-order valence-electron chi connectivity index (χ3n) is 16.3. The fourth-order valence-electron chi connectivity index (χ4n) is 14.4. The third kappa shape index (κ3) is 7.67. The maximum Gasteiger partial charge on any atom is 0.338 e. The summed E-state index contributed by atoms with van der Waals surface area (Å²) >= 11 is 0. The van der Waals surface area contributed by atoms with E-state index in [-0.39, 0.29) is 36.3 Å². The van der Waals surface area contributed by atoms with Gasteiger partial charge in [-0.25, -0.2) is 4.79 Å². The van der Waals surface area contributed by atoms with Crippen molar-refractivity contribution in [3.63, 3.8) is 0 Å². The summed E-state index contributed by atoms with van der Waals surface area (Å²) in [5.74, 6) is -2.83. The van der Waals surface area contributed by atoms with Gasteiger partial charge in [0, 0.05) is 76.0 Å². The summed E-state index contributed by atoms with van der Waals surface area (Å²) in [5.41, 5.74) is -4.00. The van der Waals surface area contributed by atoms with Crippen LogP contribution in [0.2, 0.25) is 0 Å². The number of aliphatic hydroxyl groups is 2. The Morgan fingerprint density at radius 2 is 1.56 bits per heavy atom. The Morgan fingerprint density at radius 3 is 2.21 bits per heavy atom. The quantitative estimate of drug-likeness (QED) is 0.0646. The number of piperidine rings is 1. The average molecular weight is 850 g/mol. The highest BCUT2D eigenvalue weighted by Gasteiger charge is 2.91. The number of hydrogen-bond acceptors (Lipinski definition) is 11. The van der Waals surface area contributed by atoms with E-state index in [4.69, 9.17) is 28.4 Å². The van der Waals surface area contributed by atoms with Crippen LogP contribution in [0.5, 0.6) is 0 Å². The van der Waals surface area contributed by atoms with Crippen molar-refractivity contribution in [2.24, 2.45) is 34.5 Å². The van der Waals surface area contributed by atoms with Crippen LogP contribution in [0.4, 0.5) is 0 Å². The zero-order valence-corrected chi connectivity index (χ0v) is 37.8. The Morgan fingerprint density at radius 1 is 0.852 bits per heavy atom. The lowest BCUT2D eigenvalue weighted by atomic mass is 9.43. The van der Waals surface area contributed by atoms with Gasteiger partial charge >= 0.3 is 11.9 Å². The van der Waals surface area contributed by atoms with Crippen LogP contribution in [-0.4, -0.2) is 123 Å². The number of methoxy groups -OCH3 is 4. The molecular formula is C50H75NO10. The fraction of sp³-hybridized carbons (Fsp3) is 0.760. The molecule has 6 fully saturated rings. The summed E-state index contributed by atoms with van der Waals surface area (Å²) in [4.78, 5) is 31.1. The number of esters is 2. The zero-order valence-electron chi connectivity index (χ0n) is 37.8. The van der Waals surface area contributed by atoms with Crippen LogP contribution in [-0.2, 0) is 33.2 Å². The molecule has 1 saturated heterocycles. The molecule has 5 aliphatic carbocycles. The molecule has 7 rings (SSSR count). The molecule has 6 aliphatic rings. The number of carbonyl (C=O) groups is 2. The van der Waals surface area contributed by atoms with Crippen LogP contribution < -0.4 is 0 Å². The van der Waals surface area contributed by atoms with E-state index in [1.165, 1.54) is 26.4 Å². The molecule has 14 atom stereocenters. The van der Waals surface area contributed by atoms with Gasteiger partial charge in [0.1, 0.15) is 23.9 Å². The summed E-state index contributed by atoms with van der Waals surface area (Å²) in [6, 6.07) is 8.53. The Labute approximate surface area is 364 Å². The minimum Gasteiger partial charge on any atom is -0.455 e. The minimum atomic E-state index is -1.78. The van der Waals surface area contributed by atoms with E-state index in [2.05, 4.69) is 43.1 Å². The van der Waals surface area contributed by atoms with Crippen LogP contribution >= 0.6 is 0 Å². The molecular weight excluding hydrogens is 775 g/mol. The van der Waals surface area contributed by atoms with E-state index >= 15 is 0 Å². The van der Waals surface area contributed by atoms with Gasteiger partial charge in [-0.1, -0.05) is 88.5 Å². The molecule has 11 heteroatoms. The van der Waals surface area contributed by atoms with E-state index in [1.807, 2.05) is 6.07 Å². The Balaban J connectivity index is 1.18. The molecule has 1 heterocycles. The lowest BCUT2D eigenvalue weighted by Crippen LogP contribution is -2.81. The first-order valence-corrected chi connectivity index (χ1v) is 23.6. The minimum absolute atomic E-state index is 0.115. The van der Waals surface area contributed by atoms with Crippen molar-refractivity contribution in [3.05, 3.63) is 60.2 Å². The number of fused-ring (bicyclic) bond motifs is 2. The molecule has 7 bridgehead atoms. The van der Waals surface area contributed by atoms with Gasteiger partial charge in [-0.15, -0.1) is 0 Å². The molecule has 11 nitrogen and oxygen atoms in total. The summed E-state index contributed by atoms with van der Waals surface area (Å²) in [6.07, 6.45) is 18.3. The number of benzene rings is 1. The number of rotatable bonds is 23. The Hall–Kier alpha value is -2.64. The second-order valence-electron chi connectivity index (χ2n) is 19.2. The first-order valence-electron chi connectivity index (χ1n) is 23.6. The molecule has 1 aromatic rings. The fourth-order valence-corrected chi connectivity index (χ4v) is 14.4. The molecule has 0 amide bonds. The maximum atomic E-state index is 14.6. The molecule has 5 saturated carbocycles. The second-order valence-corrected chi connectivity index (χ2v) is 19.2. The summed E-state index contributed by atoms with van der Waals surface area (Å²) in [5, 5.41) is 26.1. The largest absolute Gasteiger partial charge is 0.455 e. The number of carbonyl (C=O) groups excluding carboxylic acids is 2. The van der Waals surface area contributed by atoms with Crippen molar-refractivity contribution in [1.82, 2.24) is 4.90 Å². The smallest absolute Gasteiger partial charge is 0.338 e. The van der Waals surface area contributed by atoms with Gasteiger partial charge < -0.3 is 38.6 Å². The Bertz CT molecular complexity index is 1690. The highest BCUT2D eigenvalue weighted by molar-refractivity contribution is 5.89. The molecule has 2 N–H and O–H groups in total. The maximum absolute atomic E-state index is 14.6. The summed E-state index contributed by atoms with van der Waals surface area (Å²) < 4.78 is 39.0. The van der Waals surface area contributed by atoms with Gasteiger partial charge in [-0.05, 0) is 82.4 Å². The van der Waals surface area contributed by atoms with Gasteiger partial charge in [-0.2, -0.15) is 0 Å². The lowest BCUT2D eigenvalue weighted by Gasteiger charge is -2.69. The third-order valence-corrected chi connectivity index (χ3v) is 16.3. The van der Waals surface area contributed by atoms with Crippen molar-refractivity contribution in [2.75, 3.05) is 48.1 Å². The van der Waals surface area contributed by atoms with Crippen molar-refractivity contribution in [1.29, 1.82) is 0 Å². The number of likely N-dealkylation sites (tertiary alicyclic amines) is 1. The van der Waals surface area contributed by atoms with Crippen molar-refractivity contribution in [3.8, 4) is 0 Å². The van der Waals surface area contributed by atoms with Gasteiger partial charge in [0.15, 0.2) is 5.60 Å². The topological polar surface area (TPSA) is 133 Å². The van der Waals surface area contributed by atoms with Gasteiger partial charge in [0.2, 0.25) is 0 Å². The van der Waals surface area contributed by atoms with E-state index in [1.54, 1.807) is 45.6 Å². The second kappa shape index (κ2) is 19.6. The monoisotopic (exact) mass is 850 g/mol. The Kier molecular flexibility index (Phi) is 14.9. The molecule has 1 aliphatic heterocycles. The van der Waals surface area contributed by atoms with E-state index in [9.17, 15) is 19.8 Å². The van der Waals surface area contributed by atoms with Crippen LogP contribution in [0, 0.1) is 34.5 Å². The number of hydrogen-bond donors (Lipinski definition) is 2. The van der Waals surface area contributed by atoms with Crippen molar-refractivity contribution in [2.45, 2.75) is 158 Å². The molecule has 0 aromatic heterocycles. The van der Waals surface area contributed by atoms with Crippen molar-refractivity contribution < 1.29 is 48.2 Å². The zero-order chi connectivity index (χ0) is 43.4.